The molecule has 6 nitrogen and oxygen atoms in total. The molecule has 1 atom stereocenters. The van der Waals surface area contributed by atoms with Crippen LogP contribution in [0.1, 0.15) is 25.8 Å². The fourth-order valence-electron chi connectivity index (χ4n) is 2.51. The average Bonchev–Trinajstić information content (AvgIpc) is 2.41. The van der Waals surface area contributed by atoms with E-state index < -0.39 is 4.92 Å². The lowest BCUT2D eigenvalue weighted by molar-refractivity contribution is -0.384. The molecule has 0 aromatic heterocycles. The number of aryl methyl sites for hydroxylation is 1. The Bertz CT molecular complexity index is 530. The van der Waals surface area contributed by atoms with E-state index in [4.69, 9.17) is 4.74 Å². The molecule has 0 radical (unpaired) electrons. The highest BCUT2D eigenvalue weighted by atomic mass is 16.6. The number of carbonyl (C=O) groups excluding carboxylic acids is 1. The van der Waals surface area contributed by atoms with E-state index >= 15 is 0 Å². The Hall–Kier alpha value is -2.11. The van der Waals surface area contributed by atoms with Crippen LogP contribution >= 0.6 is 0 Å². The summed E-state index contributed by atoms with van der Waals surface area (Å²) in [6.45, 7) is 4.35. The highest BCUT2D eigenvalue weighted by Crippen LogP contribution is 2.33. The maximum atomic E-state index is 11.7. The van der Waals surface area contributed by atoms with Crippen molar-refractivity contribution >= 4 is 17.3 Å². The molecule has 0 spiro atoms. The number of nitro groups is 1. The van der Waals surface area contributed by atoms with Gasteiger partial charge in [-0.15, -0.1) is 0 Å². The largest absolute Gasteiger partial charge is 0.465 e. The van der Waals surface area contributed by atoms with Crippen LogP contribution in [0.5, 0.6) is 0 Å². The lowest BCUT2D eigenvalue weighted by Crippen LogP contribution is -2.41. The SMILES string of the molecule is CCOC(=O)CN1c2ccc([N+](=O)[O-])cc2CC[C@@H]1C. The highest BCUT2D eigenvalue weighted by molar-refractivity contribution is 5.77. The van der Waals surface area contributed by atoms with Gasteiger partial charge in [0.05, 0.1) is 11.5 Å². The quantitative estimate of drug-likeness (QED) is 0.480. The maximum absolute atomic E-state index is 11.7. The number of carbonyl (C=O) groups is 1. The summed E-state index contributed by atoms with van der Waals surface area (Å²) in [7, 11) is 0. The molecule has 1 heterocycles. The van der Waals surface area contributed by atoms with Crippen molar-refractivity contribution in [1.29, 1.82) is 0 Å². The van der Waals surface area contributed by atoms with Crippen molar-refractivity contribution in [3.8, 4) is 0 Å². The Morgan fingerprint density at radius 3 is 2.95 bits per heavy atom. The number of nitrogens with zero attached hydrogens (tertiary/aromatic N) is 2. The number of anilines is 1. The van der Waals surface area contributed by atoms with Crippen molar-refractivity contribution in [1.82, 2.24) is 0 Å². The van der Waals surface area contributed by atoms with Gasteiger partial charge in [0.2, 0.25) is 0 Å². The van der Waals surface area contributed by atoms with Crippen LogP contribution in [0.3, 0.4) is 0 Å². The summed E-state index contributed by atoms with van der Waals surface area (Å²) < 4.78 is 4.98. The number of hydrogen-bond donors (Lipinski definition) is 0. The molecule has 2 rings (SSSR count). The Balaban J connectivity index is 2.27. The Labute approximate surface area is 117 Å². The van der Waals surface area contributed by atoms with Gasteiger partial charge in [-0.2, -0.15) is 0 Å². The first-order valence-corrected chi connectivity index (χ1v) is 6.72. The fourth-order valence-corrected chi connectivity index (χ4v) is 2.51. The monoisotopic (exact) mass is 278 g/mol. The molecule has 0 saturated carbocycles. The number of hydrogen-bond acceptors (Lipinski definition) is 5. The number of rotatable bonds is 4. The Morgan fingerprint density at radius 1 is 1.55 bits per heavy atom. The van der Waals surface area contributed by atoms with Crippen LogP contribution in [0.25, 0.3) is 0 Å². The van der Waals surface area contributed by atoms with Crippen LogP contribution in [0.2, 0.25) is 0 Å². The van der Waals surface area contributed by atoms with Crippen molar-refractivity contribution in [2.24, 2.45) is 0 Å². The number of ether oxygens (including phenoxy) is 1. The topological polar surface area (TPSA) is 72.7 Å². The van der Waals surface area contributed by atoms with Crippen LogP contribution in [-0.4, -0.2) is 30.1 Å². The first kappa shape index (κ1) is 14.3. The molecule has 1 aromatic carbocycles. The van der Waals surface area contributed by atoms with E-state index in [2.05, 4.69) is 0 Å². The molecular weight excluding hydrogens is 260 g/mol. The van der Waals surface area contributed by atoms with Gasteiger partial charge in [0, 0.05) is 23.9 Å². The van der Waals surface area contributed by atoms with E-state index in [0.29, 0.717) is 6.61 Å². The molecule has 0 saturated heterocycles. The number of non-ortho nitro benzene ring substituents is 1. The molecular formula is C14H18N2O4. The highest BCUT2D eigenvalue weighted by Gasteiger charge is 2.26. The molecule has 20 heavy (non-hydrogen) atoms. The summed E-state index contributed by atoms with van der Waals surface area (Å²) in [6.07, 6.45) is 1.66. The minimum Gasteiger partial charge on any atom is -0.465 e. The van der Waals surface area contributed by atoms with Gasteiger partial charge in [-0.05, 0) is 38.3 Å². The summed E-state index contributed by atoms with van der Waals surface area (Å²) >= 11 is 0. The molecule has 1 aromatic rings. The zero-order valence-electron chi connectivity index (χ0n) is 11.7. The summed E-state index contributed by atoms with van der Waals surface area (Å²) in [5, 5.41) is 10.8. The number of esters is 1. The second kappa shape index (κ2) is 5.90. The molecule has 0 amide bonds. The van der Waals surface area contributed by atoms with Gasteiger partial charge in [0.15, 0.2) is 0 Å². The maximum Gasteiger partial charge on any atom is 0.325 e. The van der Waals surface area contributed by atoms with Gasteiger partial charge in [-0.3, -0.25) is 14.9 Å². The Kier molecular flexibility index (Phi) is 4.22. The summed E-state index contributed by atoms with van der Waals surface area (Å²) in [6, 6.07) is 5.02. The van der Waals surface area contributed by atoms with Crippen molar-refractivity contribution < 1.29 is 14.5 Å². The zero-order chi connectivity index (χ0) is 14.7. The normalized spacial score (nSPS) is 17.5. The first-order chi connectivity index (χ1) is 9.52. The van der Waals surface area contributed by atoms with Crippen LogP contribution in [-0.2, 0) is 16.0 Å². The lowest BCUT2D eigenvalue weighted by Gasteiger charge is -2.36. The average molecular weight is 278 g/mol. The third-order valence-corrected chi connectivity index (χ3v) is 3.55. The van der Waals surface area contributed by atoms with Crippen LogP contribution in [0.15, 0.2) is 18.2 Å². The number of nitro benzene ring substituents is 1. The van der Waals surface area contributed by atoms with Crippen molar-refractivity contribution in [3.63, 3.8) is 0 Å². The predicted molar refractivity (Wildman–Crippen MR) is 74.9 cm³/mol. The molecule has 0 N–H and O–H groups in total. The molecule has 108 valence electrons. The third kappa shape index (κ3) is 2.89. The summed E-state index contributed by atoms with van der Waals surface area (Å²) in [5.41, 5.74) is 1.90. The molecule has 0 bridgehead atoms. The van der Waals surface area contributed by atoms with Gasteiger partial charge >= 0.3 is 5.97 Å². The molecule has 0 fully saturated rings. The van der Waals surface area contributed by atoms with E-state index in [-0.39, 0.29) is 24.2 Å². The summed E-state index contributed by atoms with van der Waals surface area (Å²) in [4.78, 5) is 24.0. The molecule has 0 unspecified atom stereocenters. The molecule has 1 aliphatic rings. The van der Waals surface area contributed by atoms with Gasteiger partial charge in [-0.1, -0.05) is 0 Å². The second-order valence-electron chi connectivity index (χ2n) is 4.89. The fraction of sp³-hybridized carbons (Fsp3) is 0.500. The Morgan fingerprint density at radius 2 is 2.30 bits per heavy atom. The van der Waals surface area contributed by atoms with Crippen LogP contribution in [0.4, 0.5) is 11.4 Å². The van der Waals surface area contributed by atoms with E-state index in [1.54, 1.807) is 19.1 Å². The van der Waals surface area contributed by atoms with E-state index in [0.717, 1.165) is 24.1 Å². The van der Waals surface area contributed by atoms with E-state index in [9.17, 15) is 14.9 Å². The second-order valence-corrected chi connectivity index (χ2v) is 4.89. The number of fused-ring (bicyclic) bond motifs is 1. The standard InChI is InChI=1S/C14H18N2O4/c1-3-20-14(17)9-15-10(2)4-5-11-8-12(16(18)19)6-7-13(11)15/h6-8,10H,3-5,9H2,1-2H3/t10-/m0/s1. The number of benzene rings is 1. The minimum atomic E-state index is -0.395. The lowest BCUT2D eigenvalue weighted by atomic mass is 9.96. The van der Waals surface area contributed by atoms with Crippen molar-refractivity contribution in [3.05, 3.63) is 33.9 Å². The van der Waals surface area contributed by atoms with Gasteiger partial charge < -0.3 is 9.64 Å². The summed E-state index contributed by atoms with van der Waals surface area (Å²) in [5.74, 6) is -0.273. The van der Waals surface area contributed by atoms with Crippen molar-refractivity contribution in [2.75, 3.05) is 18.1 Å². The molecule has 0 aliphatic carbocycles. The predicted octanol–water partition coefficient (Wildman–Crippen LogP) is 2.30. The first-order valence-electron chi connectivity index (χ1n) is 6.72. The zero-order valence-corrected chi connectivity index (χ0v) is 11.7. The minimum absolute atomic E-state index is 0.0920. The van der Waals surface area contributed by atoms with E-state index in [1.165, 1.54) is 6.07 Å². The van der Waals surface area contributed by atoms with E-state index in [1.807, 2.05) is 11.8 Å². The van der Waals surface area contributed by atoms with Gasteiger partial charge in [0.1, 0.15) is 6.54 Å². The molecule has 1 aliphatic heterocycles. The van der Waals surface area contributed by atoms with Crippen LogP contribution in [0, 0.1) is 10.1 Å². The van der Waals surface area contributed by atoms with Crippen LogP contribution < -0.4 is 4.90 Å². The van der Waals surface area contributed by atoms with Gasteiger partial charge in [-0.25, -0.2) is 0 Å². The third-order valence-electron chi connectivity index (χ3n) is 3.55. The smallest absolute Gasteiger partial charge is 0.325 e. The van der Waals surface area contributed by atoms with Crippen molar-refractivity contribution in [2.45, 2.75) is 32.7 Å². The van der Waals surface area contributed by atoms with Gasteiger partial charge in [0.25, 0.3) is 5.69 Å². The molecule has 6 heteroatoms.